The van der Waals surface area contributed by atoms with Crippen molar-refractivity contribution in [1.82, 2.24) is 20.1 Å². The summed E-state index contributed by atoms with van der Waals surface area (Å²) in [5, 5.41) is 12.1. The van der Waals surface area contributed by atoms with Crippen molar-refractivity contribution >= 4 is 17.7 Å². The Morgan fingerprint density at radius 2 is 1.96 bits per heavy atom. The van der Waals surface area contributed by atoms with E-state index in [2.05, 4.69) is 21.6 Å². The molecule has 0 spiro atoms. The number of nitrogens with one attached hydrogen (secondary N) is 1. The smallest absolute Gasteiger partial charge is 0.230 e. The van der Waals surface area contributed by atoms with Crippen LogP contribution in [0.25, 0.3) is 11.4 Å². The topological polar surface area (TPSA) is 69.0 Å². The summed E-state index contributed by atoms with van der Waals surface area (Å²) in [4.78, 5) is 12.1. The number of aromatic nitrogens is 3. The number of ether oxygens (including phenoxy) is 1. The molecule has 1 N–H and O–H groups in total. The SMILES string of the molecule is COc1ccc(CNC(=O)CSc2nnc(-c3cccc(C)c3)n2C)cc1. The maximum Gasteiger partial charge on any atom is 0.230 e. The minimum Gasteiger partial charge on any atom is -0.497 e. The lowest BCUT2D eigenvalue weighted by Gasteiger charge is -2.07. The van der Waals surface area contributed by atoms with Crippen molar-refractivity contribution in [2.24, 2.45) is 7.05 Å². The monoisotopic (exact) mass is 382 g/mol. The van der Waals surface area contributed by atoms with Crippen molar-refractivity contribution in [2.75, 3.05) is 12.9 Å². The first-order valence-corrected chi connectivity index (χ1v) is 9.54. The second kappa shape index (κ2) is 8.73. The third kappa shape index (κ3) is 4.89. The van der Waals surface area contributed by atoms with Gasteiger partial charge in [0.25, 0.3) is 0 Å². The molecule has 0 saturated heterocycles. The molecule has 0 atom stereocenters. The molecule has 7 heteroatoms. The summed E-state index contributed by atoms with van der Waals surface area (Å²) in [6.45, 7) is 2.53. The zero-order chi connectivity index (χ0) is 19.2. The van der Waals surface area contributed by atoms with E-state index in [1.807, 2.05) is 61.0 Å². The molecular weight excluding hydrogens is 360 g/mol. The molecule has 3 rings (SSSR count). The number of benzene rings is 2. The molecule has 0 bridgehead atoms. The molecule has 0 aliphatic heterocycles. The van der Waals surface area contributed by atoms with Crippen molar-refractivity contribution in [3.63, 3.8) is 0 Å². The third-order valence-corrected chi connectivity index (χ3v) is 5.11. The molecular formula is C20H22N4O2S. The summed E-state index contributed by atoms with van der Waals surface area (Å²) >= 11 is 1.37. The summed E-state index contributed by atoms with van der Waals surface area (Å²) in [5.41, 5.74) is 3.21. The van der Waals surface area contributed by atoms with Gasteiger partial charge in [-0.25, -0.2) is 0 Å². The van der Waals surface area contributed by atoms with Gasteiger partial charge in [0.05, 0.1) is 12.9 Å². The zero-order valence-electron chi connectivity index (χ0n) is 15.6. The van der Waals surface area contributed by atoms with Crippen LogP contribution < -0.4 is 10.1 Å². The highest BCUT2D eigenvalue weighted by atomic mass is 32.2. The maximum absolute atomic E-state index is 12.1. The second-order valence-corrected chi connectivity index (χ2v) is 7.09. The number of thioether (sulfide) groups is 1. The molecule has 27 heavy (non-hydrogen) atoms. The molecule has 2 aromatic carbocycles. The molecule has 0 fully saturated rings. The number of nitrogens with zero attached hydrogens (tertiary/aromatic N) is 3. The van der Waals surface area contributed by atoms with Crippen LogP contribution in [0.15, 0.2) is 53.7 Å². The minimum atomic E-state index is -0.0454. The van der Waals surface area contributed by atoms with Crippen molar-refractivity contribution < 1.29 is 9.53 Å². The number of amides is 1. The Morgan fingerprint density at radius 1 is 1.19 bits per heavy atom. The predicted molar refractivity (Wildman–Crippen MR) is 107 cm³/mol. The van der Waals surface area contributed by atoms with Crippen LogP contribution in [0.4, 0.5) is 0 Å². The largest absolute Gasteiger partial charge is 0.497 e. The van der Waals surface area contributed by atoms with Crippen LogP contribution in [-0.4, -0.2) is 33.5 Å². The maximum atomic E-state index is 12.1. The molecule has 0 unspecified atom stereocenters. The fourth-order valence-corrected chi connectivity index (χ4v) is 3.34. The summed E-state index contributed by atoms with van der Waals surface area (Å²) in [5.74, 6) is 1.83. The van der Waals surface area contributed by atoms with Crippen LogP contribution in [0.1, 0.15) is 11.1 Å². The van der Waals surface area contributed by atoms with E-state index in [0.29, 0.717) is 11.7 Å². The van der Waals surface area contributed by atoms with Crippen LogP contribution in [0.2, 0.25) is 0 Å². The van der Waals surface area contributed by atoms with Crippen LogP contribution in [0.3, 0.4) is 0 Å². The molecule has 0 saturated carbocycles. The van der Waals surface area contributed by atoms with E-state index in [0.717, 1.165) is 22.7 Å². The molecule has 3 aromatic rings. The van der Waals surface area contributed by atoms with Crippen molar-refractivity contribution in [1.29, 1.82) is 0 Å². The van der Waals surface area contributed by atoms with E-state index in [1.165, 1.54) is 17.3 Å². The highest BCUT2D eigenvalue weighted by Gasteiger charge is 2.13. The number of aryl methyl sites for hydroxylation is 1. The van der Waals surface area contributed by atoms with Gasteiger partial charge in [-0.2, -0.15) is 0 Å². The molecule has 1 heterocycles. The summed E-state index contributed by atoms with van der Waals surface area (Å²) in [6, 6.07) is 15.7. The van der Waals surface area contributed by atoms with Crippen LogP contribution in [0.5, 0.6) is 5.75 Å². The predicted octanol–water partition coefficient (Wildman–Crippen LogP) is 3.21. The fourth-order valence-electron chi connectivity index (χ4n) is 2.60. The first-order valence-electron chi connectivity index (χ1n) is 8.55. The standard InChI is InChI=1S/C20H22N4O2S/c1-14-5-4-6-16(11-14)19-22-23-20(24(19)2)27-13-18(25)21-12-15-7-9-17(26-3)10-8-15/h4-11H,12-13H2,1-3H3,(H,21,25). The normalized spacial score (nSPS) is 10.6. The third-order valence-electron chi connectivity index (χ3n) is 4.09. The summed E-state index contributed by atoms with van der Waals surface area (Å²) in [6.07, 6.45) is 0. The number of hydrogen-bond donors (Lipinski definition) is 1. The molecule has 0 aliphatic carbocycles. The second-order valence-electron chi connectivity index (χ2n) is 6.15. The highest BCUT2D eigenvalue weighted by molar-refractivity contribution is 7.99. The van der Waals surface area contributed by atoms with Crippen molar-refractivity contribution in [3.05, 3.63) is 59.7 Å². The van der Waals surface area contributed by atoms with Gasteiger partial charge < -0.3 is 14.6 Å². The fraction of sp³-hybridized carbons (Fsp3) is 0.250. The summed E-state index contributed by atoms with van der Waals surface area (Å²) in [7, 11) is 3.54. The number of rotatable bonds is 7. The van der Waals surface area contributed by atoms with E-state index in [4.69, 9.17) is 4.74 Å². The van der Waals surface area contributed by atoms with Crippen LogP contribution in [0, 0.1) is 6.92 Å². The Kier molecular flexibility index (Phi) is 6.13. The average molecular weight is 382 g/mol. The van der Waals surface area contributed by atoms with E-state index >= 15 is 0 Å². The van der Waals surface area contributed by atoms with E-state index < -0.39 is 0 Å². The van der Waals surface area contributed by atoms with E-state index in [-0.39, 0.29) is 11.7 Å². The van der Waals surface area contributed by atoms with Crippen LogP contribution in [-0.2, 0) is 18.4 Å². The molecule has 1 amide bonds. The average Bonchev–Trinajstić information content (AvgIpc) is 3.05. The van der Waals surface area contributed by atoms with Crippen molar-refractivity contribution in [3.8, 4) is 17.1 Å². The minimum absolute atomic E-state index is 0.0454. The number of carbonyl (C=O) groups excluding carboxylic acids is 1. The van der Waals surface area contributed by atoms with Gasteiger partial charge in [0.1, 0.15) is 5.75 Å². The van der Waals surface area contributed by atoms with Crippen molar-refractivity contribution in [2.45, 2.75) is 18.6 Å². The van der Waals surface area contributed by atoms with E-state index in [9.17, 15) is 4.79 Å². The van der Waals surface area contributed by atoms with E-state index in [1.54, 1.807) is 7.11 Å². The number of methoxy groups -OCH3 is 1. The lowest BCUT2D eigenvalue weighted by molar-refractivity contribution is -0.118. The molecule has 1 aromatic heterocycles. The number of hydrogen-bond acceptors (Lipinski definition) is 5. The highest BCUT2D eigenvalue weighted by Crippen LogP contribution is 2.23. The Morgan fingerprint density at radius 3 is 2.67 bits per heavy atom. The number of carbonyl (C=O) groups is 1. The molecule has 0 aliphatic rings. The van der Waals surface area contributed by atoms with Gasteiger partial charge in [0.15, 0.2) is 11.0 Å². The molecule has 0 radical (unpaired) electrons. The lowest BCUT2D eigenvalue weighted by Crippen LogP contribution is -2.24. The van der Waals surface area contributed by atoms with Crippen LogP contribution >= 0.6 is 11.8 Å². The van der Waals surface area contributed by atoms with Gasteiger partial charge in [0, 0.05) is 19.2 Å². The van der Waals surface area contributed by atoms with Gasteiger partial charge >= 0.3 is 0 Å². The Balaban J connectivity index is 1.54. The molecule has 140 valence electrons. The van der Waals surface area contributed by atoms with Gasteiger partial charge in [-0.05, 0) is 30.7 Å². The Bertz CT molecular complexity index is 922. The van der Waals surface area contributed by atoms with Gasteiger partial charge in [-0.3, -0.25) is 4.79 Å². The summed E-state index contributed by atoms with van der Waals surface area (Å²) < 4.78 is 7.04. The lowest BCUT2D eigenvalue weighted by atomic mass is 10.1. The quantitative estimate of drug-likeness (QED) is 0.636. The Labute approximate surface area is 163 Å². The van der Waals surface area contributed by atoms with Gasteiger partial charge in [-0.15, -0.1) is 10.2 Å². The first kappa shape index (κ1) is 19.0. The first-order chi connectivity index (χ1) is 13.1. The van der Waals surface area contributed by atoms with Gasteiger partial charge in [0.2, 0.25) is 5.91 Å². The Hall–Kier alpha value is -2.80. The van der Waals surface area contributed by atoms with Gasteiger partial charge in [-0.1, -0.05) is 47.7 Å². The zero-order valence-corrected chi connectivity index (χ0v) is 16.4. The molecule has 6 nitrogen and oxygen atoms in total.